The highest BCUT2D eigenvalue weighted by Crippen LogP contribution is 2.34. The van der Waals surface area contributed by atoms with E-state index in [0.717, 1.165) is 31.4 Å². The maximum atomic E-state index is 6.33. The lowest BCUT2D eigenvalue weighted by Gasteiger charge is -2.17. The van der Waals surface area contributed by atoms with Crippen molar-refractivity contribution < 1.29 is 9.26 Å². The molecule has 2 aromatic rings. The second-order valence-electron chi connectivity index (χ2n) is 6.17. The fourth-order valence-corrected chi connectivity index (χ4v) is 2.92. The van der Waals surface area contributed by atoms with Gasteiger partial charge in [0.05, 0.1) is 18.6 Å². The van der Waals surface area contributed by atoms with Gasteiger partial charge in [0.25, 0.3) is 0 Å². The van der Waals surface area contributed by atoms with Crippen molar-refractivity contribution in [2.75, 3.05) is 6.61 Å². The van der Waals surface area contributed by atoms with E-state index in [1.165, 1.54) is 11.1 Å². The Labute approximate surface area is 143 Å². The van der Waals surface area contributed by atoms with Gasteiger partial charge in [-0.25, -0.2) is 0 Å². The molecule has 1 fully saturated rings. The number of benzene rings is 1. The summed E-state index contributed by atoms with van der Waals surface area (Å²) in [6.45, 7) is 4.66. The number of nitrogens with two attached hydrogens (primary N) is 1. The van der Waals surface area contributed by atoms with Crippen LogP contribution in [-0.4, -0.2) is 16.7 Å². The van der Waals surface area contributed by atoms with Crippen LogP contribution in [0.25, 0.3) is 0 Å². The molecule has 0 unspecified atom stereocenters. The largest absolute Gasteiger partial charge is 0.493 e. The van der Waals surface area contributed by atoms with Gasteiger partial charge >= 0.3 is 0 Å². The first-order valence-electron chi connectivity index (χ1n) is 7.89. The van der Waals surface area contributed by atoms with Crippen LogP contribution >= 0.6 is 12.4 Å². The Kier molecular flexibility index (Phi) is 5.65. The highest BCUT2D eigenvalue weighted by atomic mass is 35.5. The molecule has 1 aromatic heterocycles. The highest BCUT2D eigenvalue weighted by Gasteiger charge is 2.35. The third-order valence-electron chi connectivity index (χ3n) is 4.54. The summed E-state index contributed by atoms with van der Waals surface area (Å²) < 4.78 is 11.1. The number of aromatic nitrogens is 2. The van der Waals surface area contributed by atoms with Crippen LogP contribution in [0.1, 0.15) is 48.5 Å². The van der Waals surface area contributed by atoms with Crippen molar-refractivity contribution in [1.29, 1.82) is 0 Å². The summed E-state index contributed by atoms with van der Waals surface area (Å²) >= 11 is 0. The van der Waals surface area contributed by atoms with Gasteiger partial charge in [0.15, 0.2) is 5.82 Å². The van der Waals surface area contributed by atoms with Crippen molar-refractivity contribution in [3.05, 3.63) is 41.0 Å². The fourth-order valence-electron chi connectivity index (χ4n) is 2.92. The first kappa shape index (κ1) is 17.8. The average Bonchev–Trinajstić information content (AvgIpc) is 3.14. The lowest BCUT2D eigenvalue weighted by Crippen LogP contribution is -2.34. The summed E-state index contributed by atoms with van der Waals surface area (Å²) in [4.78, 5) is 4.45. The zero-order valence-electron chi connectivity index (χ0n) is 13.7. The van der Waals surface area contributed by atoms with E-state index in [4.69, 9.17) is 15.0 Å². The number of hydrogen-bond donors (Lipinski definition) is 1. The molecule has 6 heteroatoms. The molecule has 0 amide bonds. The molecule has 1 heterocycles. The van der Waals surface area contributed by atoms with Gasteiger partial charge in [-0.15, -0.1) is 12.4 Å². The Hall–Kier alpha value is -1.59. The van der Waals surface area contributed by atoms with Crippen molar-refractivity contribution >= 4 is 12.4 Å². The second-order valence-corrected chi connectivity index (χ2v) is 6.17. The lowest BCUT2D eigenvalue weighted by molar-refractivity contribution is 0.288. The highest BCUT2D eigenvalue weighted by molar-refractivity contribution is 5.85. The Bertz CT molecular complexity index is 651. The molecule has 0 aliphatic heterocycles. The standard InChI is InChI=1S/C17H23N3O2.ClH/c1-12-6-5-7-14(13(12)2)21-11-8-15-19-16(20-22-15)17(18)9-3-4-10-17;/h5-7H,3-4,8-11,18H2,1-2H3;1H. The van der Waals surface area contributed by atoms with Crippen LogP contribution in [0.3, 0.4) is 0 Å². The van der Waals surface area contributed by atoms with Crippen LogP contribution < -0.4 is 10.5 Å². The molecule has 0 bridgehead atoms. The molecule has 1 aromatic carbocycles. The minimum Gasteiger partial charge on any atom is -0.493 e. The molecule has 126 valence electrons. The number of rotatable bonds is 5. The molecule has 1 aliphatic rings. The summed E-state index contributed by atoms with van der Waals surface area (Å²) in [5.74, 6) is 2.15. The van der Waals surface area contributed by atoms with E-state index in [1.807, 2.05) is 12.1 Å². The molecular formula is C17H24ClN3O2. The van der Waals surface area contributed by atoms with Gasteiger partial charge in [0, 0.05) is 0 Å². The van der Waals surface area contributed by atoms with Gasteiger partial charge in [0.2, 0.25) is 5.89 Å². The Morgan fingerprint density at radius 3 is 2.74 bits per heavy atom. The van der Waals surface area contributed by atoms with Crippen molar-refractivity contribution in [2.24, 2.45) is 5.73 Å². The van der Waals surface area contributed by atoms with Gasteiger partial charge < -0.3 is 15.0 Å². The molecular weight excluding hydrogens is 314 g/mol. The van der Waals surface area contributed by atoms with Crippen LogP contribution in [0, 0.1) is 13.8 Å². The number of halogens is 1. The van der Waals surface area contributed by atoms with E-state index in [9.17, 15) is 0 Å². The van der Waals surface area contributed by atoms with Crippen molar-refractivity contribution in [1.82, 2.24) is 10.1 Å². The van der Waals surface area contributed by atoms with Gasteiger partial charge in [-0.3, -0.25) is 0 Å². The van der Waals surface area contributed by atoms with Crippen LogP contribution in [0.4, 0.5) is 0 Å². The van der Waals surface area contributed by atoms with Crippen LogP contribution in [0.2, 0.25) is 0 Å². The summed E-state index contributed by atoms with van der Waals surface area (Å²) in [5, 5.41) is 4.06. The molecule has 0 atom stereocenters. The van der Waals surface area contributed by atoms with Crippen molar-refractivity contribution in [3.8, 4) is 5.75 Å². The van der Waals surface area contributed by atoms with Crippen molar-refractivity contribution in [2.45, 2.75) is 51.5 Å². The quantitative estimate of drug-likeness (QED) is 0.904. The van der Waals surface area contributed by atoms with Crippen LogP contribution in [0.15, 0.2) is 22.7 Å². The van der Waals surface area contributed by atoms with E-state index in [0.29, 0.717) is 24.7 Å². The molecule has 0 spiro atoms. The smallest absolute Gasteiger partial charge is 0.230 e. The van der Waals surface area contributed by atoms with E-state index < -0.39 is 5.54 Å². The Morgan fingerprint density at radius 1 is 1.26 bits per heavy atom. The topological polar surface area (TPSA) is 74.2 Å². The molecule has 0 radical (unpaired) electrons. The van der Waals surface area contributed by atoms with E-state index in [-0.39, 0.29) is 12.4 Å². The Morgan fingerprint density at radius 2 is 2.00 bits per heavy atom. The van der Waals surface area contributed by atoms with E-state index in [2.05, 4.69) is 30.1 Å². The van der Waals surface area contributed by atoms with Gasteiger partial charge in [0.1, 0.15) is 5.75 Å². The average molecular weight is 338 g/mol. The van der Waals surface area contributed by atoms with Gasteiger partial charge in [-0.1, -0.05) is 30.1 Å². The van der Waals surface area contributed by atoms with Crippen molar-refractivity contribution in [3.63, 3.8) is 0 Å². The molecule has 1 saturated carbocycles. The fraction of sp³-hybridized carbons (Fsp3) is 0.529. The minimum absolute atomic E-state index is 0. The predicted octanol–water partition coefficient (Wildman–Crippen LogP) is 3.46. The summed E-state index contributed by atoms with van der Waals surface area (Å²) in [5.41, 5.74) is 8.33. The third-order valence-corrected chi connectivity index (χ3v) is 4.54. The normalized spacial score (nSPS) is 16.1. The minimum atomic E-state index is -0.393. The zero-order chi connectivity index (χ0) is 15.6. The van der Waals surface area contributed by atoms with E-state index in [1.54, 1.807) is 0 Å². The molecule has 0 saturated heterocycles. The first-order valence-corrected chi connectivity index (χ1v) is 7.89. The monoisotopic (exact) mass is 337 g/mol. The summed E-state index contributed by atoms with van der Waals surface area (Å²) in [6, 6.07) is 6.06. The summed E-state index contributed by atoms with van der Waals surface area (Å²) in [7, 11) is 0. The van der Waals surface area contributed by atoms with Gasteiger partial charge in [-0.05, 0) is 43.9 Å². The number of hydrogen-bond acceptors (Lipinski definition) is 5. The maximum Gasteiger partial charge on any atom is 0.230 e. The first-order chi connectivity index (χ1) is 10.6. The number of ether oxygens (including phenoxy) is 1. The Balaban J connectivity index is 0.00000192. The molecule has 23 heavy (non-hydrogen) atoms. The zero-order valence-corrected chi connectivity index (χ0v) is 14.5. The summed E-state index contributed by atoms with van der Waals surface area (Å²) in [6.07, 6.45) is 4.73. The molecule has 1 aliphatic carbocycles. The number of nitrogens with zero attached hydrogens (tertiary/aromatic N) is 2. The SMILES string of the molecule is Cc1cccc(OCCc2nc(C3(N)CCCC3)no2)c1C.Cl. The lowest BCUT2D eigenvalue weighted by atomic mass is 9.99. The van der Waals surface area contributed by atoms with E-state index >= 15 is 0 Å². The molecule has 2 N–H and O–H groups in total. The second kappa shape index (κ2) is 7.32. The predicted molar refractivity (Wildman–Crippen MR) is 91.0 cm³/mol. The van der Waals surface area contributed by atoms with Crippen LogP contribution in [0.5, 0.6) is 5.75 Å². The maximum absolute atomic E-state index is 6.33. The molecule has 3 rings (SSSR count). The number of aryl methyl sites for hydroxylation is 1. The molecule has 5 nitrogen and oxygen atoms in total. The van der Waals surface area contributed by atoms with Gasteiger partial charge in [-0.2, -0.15) is 4.98 Å². The third kappa shape index (κ3) is 3.85. The van der Waals surface area contributed by atoms with Crippen LogP contribution in [-0.2, 0) is 12.0 Å².